The van der Waals surface area contributed by atoms with Gasteiger partial charge in [0.15, 0.2) is 0 Å². The number of hydrogen-bond acceptors (Lipinski definition) is 3. The summed E-state index contributed by atoms with van der Waals surface area (Å²) in [6.45, 7) is 10.1. The number of benzene rings is 1. The van der Waals surface area contributed by atoms with Crippen molar-refractivity contribution in [3.63, 3.8) is 0 Å². The van der Waals surface area contributed by atoms with Crippen LogP contribution >= 0.6 is 0 Å². The molecule has 1 unspecified atom stereocenters. The van der Waals surface area contributed by atoms with Gasteiger partial charge in [-0.2, -0.15) is 0 Å². The van der Waals surface area contributed by atoms with E-state index in [-0.39, 0.29) is 17.8 Å². The zero-order chi connectivity index (χ0) is 18.1. The van der Waals surface area contributed by atoms with Gasteiger partial charge in [0.25, 0.3) is 0 Å². The predicted octanol–water partition coefficient (Wildman–Crippen LogP) is 4.74. The van der Waals surface area contributed by atoms with Crippen LogP contribution in [0.1, 0.15) is 48.4 Å². The SMILES string of the molecule is C=C1Nc2ncc(/C(=C/CC)c3ccc(F)cc3C)cc2C(C)[C@@H]1N. The van der Waals surface area contributed by atoms with E-state index in [0.29, 0.717) is 0 Å². The molecule has 0 saturated heterocycles. The Hall–Kier alpha value is -2.46. The molecule has 1 aromatic heterocycles. The van der Waals surface area contributed by atoms with Crippen LogP contribution in [0, 0.1) is 12.7 Å². The summed E-state index contributed by atoms with van der Waals surface area (Å²) in [4.78, 5) is 4.59. The highest BCUT2D eigenvalue weighted by Crippen LogP contribution is 2.36. The minimum absolute atomic E-state index is 0.133. The average Bonchev–Trinajstić information content (AvgIpc) is 2.58. The number of aromatic nitrogens is 1. The van der Waals surface area contributed by atoms with E-state index in [9.17, 15) is 4.39 Å². The van der Waals surface area contributed by atoms with Gasteiger partial charge in [-0.15, -0.1) is 0 Å². The van der Waals surface area contributed by atoms with Crippen LogP contribution in [0.15, 0.2) is 48.8 Å². The number of anilines is 1. The fourth-order valence-electron chi connectivity index (χ4n) is 3.33. The molecule has 3 N–H and O–H groups in total. The number of pyridine rings is 1. The van der Waals surface area contributed by atoms with Crippen molar-refractivity contribution in [2.24, 2.45) is 5.73 Å². The third-order valence-electron chi connectivity index (χ3n) is 4.83. The molecule has 1 aliphatic rings. The Bertz CT molecular complexity index is 854. The highest BCUT2D eigenvalue weighted by molar-refractivity contribution is 5.82. The van der Waals surface area contributed by atoms with Crippen LogP contribution in [0.3, 0.4) is 0 Å². The van der Waals surface area contributed by atoms with Gasteiger partial charge in [0, 0.05) is 28.9 Å². The molecule has 0 radical (unpaired) electrons. The Morgan fingerprint density at radius 1 is 1.40 bits per heavy atom. The lowest BCUT2D eigenvalue weighted by Crippen LogP contribution is -2.36. The van der Waals surface area contributed by atoms with Gasteiger partial charge in [-0.3, -0.25) is 0 Å². The standard InChI is InChI=1S/C21H24FN3/c1-5-6-18(17-8-7-16(22)9-12(17)2)15-10-19-13(3)20(23)14(4)25-21(19)24-11-15/h6-11,13,20H,4-5,23H2,1-3H3,(H,24,25)/b18-6-/t13?,20-/m0/s1. The molecule has 0 spiro atoms. The zero-order valence-corrected chi connectivity index (χ0v) is 14.9. The van der Waals surface area contributed by atoms with Crippen molar-refractivity contribution in [1.82, 2.24) is 4.98 Å². The second-order valence-electron chi connectivity index (χ2n) is 6.61. The van der Waals surface area contributed by atoms with Crippen molar-refractivity contribution in [3.05, 3.63) is 76.9 Å². The summed E-state index contributed by atoms with van der Waals surface area (Å²) in [5.41, 5.74) is 12.1. The minimum atomic E-state index is -0.219. The molecule has 3 rings (SSSR count). The molecule has 0 fully saturated rings. The maximum Gasteiger partial charge on any atom is 0.133 e. The fourth-order valence-corrected chi connectivity index (χ4v) is 3.33. The number of fused-ring (bicyclic) bond motifs is 1. The highest BCUT2D eigenvalue weighted by atomic mass is 19.1. The fraction of sp³-hybridized carbons (Fsp3) is 0.286. The smallest absolute Gasteiger partial charge is 0.133 e. The molecule has 4 heteroatoms. The van der Waals surface area contributed by atoms with Gasteiger partial charge >= 0.3 is 0 Å². The van der Waals surface area contributed by atoms with E-state index < -0.39 is 0 Å². The van der Waals surface area contributed by atoms with Crippen LogP contribution in [0.4, 0.5) is 10.2 Å². The van der Waals surface area contributed by atoms with E-state index in [1.54, 1.807) is 6.07 Å². The molecule has 0 aliphatic carbocycles. The Morgan fingerprint density at radius 2 is 2.16 bits per heavy atom. The first kappa shape index (κ1) is 17.4. The van der Waals surface area contributed by atoms with E-state index in [1.807, 2.05) is 19.2 Å². The van der Waals surface area contributed by atoms with Crippen LogP contribution in [0.5, 0.6) is 0 Å². The molecule has 130 valence electrons. The number of nitrogens with zero attached hydrogens (tertiary/aromatic N) is 1. The van der Waals surface area contributed by atoms with Crippen molar-refractivity contribution < 1.29 is 4.39 Å². The predicted molar refractivity (Wildman–Crippen MR) is 102 cm³/mol. The highest BCUT2D eigenvalue weighted by Gasteiger charge is 2.27. The number of aryl methyl sites for hydroxylation is 1. The minimum Gasteiger partial charge on any atom is -0.343 e. The van der Waals surface area contributed by atoms with Gasteiger partial charge in [-0.25, -0.2) is 9.37 Å². The summed E-state index contributed by atoms with van der Waals surface area (Å²) in [7, 11) is 0. The van der Waals surface area contributed by atoms with Crippen LogP contribution in [0.25, 0.3) is 5.57 Å². The Labute approximate surface area is 148 Å². The van der Waals surface area contributed by atoms with E-state index >= 15 is 0 Å². The molecule has 2 aromatic rings. The van der Waals surface area contributed by atoms with Crippen molar-refractivity contribution in [3.8, 4) is 0 Å². The third-order valence-corrected chi connectivity index (χ3v) is 4.83. The molecular formula is C21H24FN3. The van der Waals surface area contributed by atoms with Crippen LogP contribution in [-0.4, -0.2) is 11.0 Å². The Morgan fingerprint density at radius 3 is 2.84 bits per heavy atom. The average molecular weight is 337 g/mol. The molecule has 2 heterocycles. The van der Waals surface area contributed by atoms with Crippen LogP contribution < -0.4 is 11.1 Å². The van der Waals surface area contributed by atoms with Crippen molar-refractivity contribution in [2.45, 2.75) is 39.2 Å². The van der Waals surface area contributed by atoms with Gasteiger partial charge in [-0.1, -0.05) is 32.6 Å². The molecule has 25 heavy (non-hydrogen) atoms. The van der Waals surface area contributed by atoms with E-state index in [2.05, 4.69) is 42.9 Å². The number of nitrogens with two attached hydrogens (primary N) is 1. The first-order chi connectivity index (χ1) is 11.9. The lowest BCUT2D eigenvalue weighted by atomic mass is 9.86. The normalized spacial score (nSPS) is 20.2. The molecule has 2 atom stereocenters. The summed E-state index contributed by atoms with van der Waals surface area (Å²) >= 11 is 0. The summed E-state index contributed by atoms with van der Waals surface area (Å²) in [5.74, 6) is 0.728. The topological polar surface area (TPSA) is 50.9 Å². The number of hydrogen-bond donors (Lipinski definition) is 2. The lowest BCUT2D eigenvalue weighted by molar-refractivity contribution is 0.621. The van der Waals surface area contributed by atoms with Gasteiger partial charge in [0.1, 0.15) is 11.6 Å². The first-order valence-electron chi connectivity index (χ1n) is 8.60. The molecule has 0 bridgehead atoms. The maximum atomic E-state index is 13.5. The van der Waals surface area contributed by atoms with Gasteiger partial charge in [0.05, 0.1) is 6.04 Å². The second-order valence-corrected chi connectivity index (χ2v) is 6.61. The molecule has 3 nitrogen and oxygen atoms in total. The third kappa shape index (κ3) is 3.22. The van der Waals surface area contributed by atoms with E-state index in [0.717, 1.165) is 45.8 Å². The summed E-state index contributed by atoms with van der Waals surface area (Å²) in [6.07, 6.45) is 4.89. The zero-order valence-electron chi connectivity index (χ0n) is 14.9. The van der Waals surface area contributed by atoms with Gasteiger partial charge in [-0.05, 0) is 48.2 Å². The van der Waals surface area contributed by atoms with Crippen LogP contribution in [-0.2, 0) is 0 Å². The largest absolute Gasteiger partial charge is 0.343 e. The molecular weight excluding hydrogens is 313 g/mol. The second kappa shape index (κ2) is 6.81. The number of nitrogens with one attached hydrogen (secondary N) is 1. The Balaban J connectivity index is 2.10. The first-order valence-corrected chi connectivity index (χ1v) is 8.60. The monoisotopic (exact) mass is 337 g/mol. The number of rotatable bonds is 3. The van der Waals surface area contributed by atoms with Crippen molar-refractivity contribution >= 4 is 11.4 Å². The summed E-state index contributed by atoms with van der Waals surface area (Å²) in [5, 5.41) is 3.20. The molecule has 0 amide bonds. The van der Waals surface area contributed by atoms with Gasteiger partial charge < -0.3 is 11.1 Å². The Kier molecular flexibility index (Phi) is 4.73. The lowest BCUT2D eigenvalue weighted by Gasteiger charge is -2.31. The molecule has 0 saturated carbocycles. The maximum absolute atomic E-state index is 13.5. The molecule has 1 aromatic carbocycles. The number of halogens is 1. The summed E-state index contributed by atoms with van der Waals surface area (Å²) in [6, 6.07) is 6.89. The van der Waals surface area contributed by atoms with Gasteiger partial charge in [0.2, 0.25) is 0 Å². The quantitative estimate of drug-likeness (QED) is 0.850. The van der Waals surface area contributed by atoms with Crippen LogP contribution in [0.2, 0.25) is 0 Å². The van der Waals surface area contributed by atoms with E-state index in [4.69, 9.17) is 5.73 Å². The summed E-state index contributed by atoms with van der Waals surface area (Å²) < 4.78 is 13.5. The van der Waals surface area contributed by atoms with Crippen molar-refractivity contribution in [1.29, 1.82) is 0 Å². The molecule has 1 aliphatic heterocycles. The number of allylic oxidation sites excluding steroid dienone is 1. The van der Waals surface area contributed by atoms with Crippen molar-refractivity contribution in [2.75, 3.05) is 5.32 Å². The van der Waals surface area contributed by atoms with E-state index in [1.165, 1.54) is 6.07 Å².